The van der Waals surface area contributed by atoms with E-state index < -0.39 is 6.10 Å². The van der Waals surface area contributed by atoms with Gasteiger partial charge in [-0.05, 0) is 43.0 Å². The van der Waals surface area contributed by atoms with E-state index >= 15 is 0 Å². The first kappa shape index (κ1) is 14.0. The van der Waals surface area contributed by atoms with Crippen LogP contribution in [0.1, 0.15) is 30.4 Å². The van der Waals surface area contributed by atoms with E-state index in [9.17, 15) is 9.50 Å². The van der Waals surface area contributed by atoms with E-state index in [4.69, 9.17) is 0 Å². The third kappa shape index (κ3) is 3.33. The third-order valence-corrected chi connectivity index (χ3v) is 3.96. The monoisotopic (exact) mass is 279 g/mol. The van der Waals surface area contributed by atoms with Crippen LogP contribution in [0.2, 0.25) is 0 Å². The molecular weight excluding hydrogens is 261 g/mol. The van der Waals surface area contributed by atoms with Gasteiger partial charge in [0.05, 0.1) is 18.3 Å². The minimum absolute atomic E-state index is 0.281. The van der Waals surface area contributed by atoms with Gasteiger partial charge in [0.2, 0.25) is 0 Å². The van der Waals surface area contributed by atoms with E-state index in [1.165, 1.54) is 10.9 Å². The van der Waals surface area contributed by atoms with E-state index in [0.29, 0.717) is 17.8 Å². The predicted octanol–water partition coefficient (Wildman–Crippen LogP) is 3.97. The number of nitrogens with zero attached hydrogens (tertiary/aromatic N) is 1. The normalized spacial score (nSPS) is 12.4. The van der Waals surface area contributed by atoms with Crippen LogP contribution in [0.3, 0.4) is 0 Å². The van der Waals surface area contributed by atoms with Crippen molar-refractivity contribution in [2.24, 2.45) is 0 Å². The first-order valence-electron chi connectivity index (χ1n) is 6.36. The van der Waals surface area contributed by atoms with Crippen molar-refractivity contribution in [2.45, 2.75) is 26.5 Å². The van der Waals surface area contributed by atoms with Gasteiger partial charge in [-0.1, -0.05) is 12.1 Å². The maximum absolute atomic E-state index is 14.1. The van der Waals surface area contributed by atoms with Crippen LogP contribution >= 0.6 is 11.3 Å². The van der Waals surface area contributed by atoms with Crippen molar-refractivity contribution in [2.75, 3.05) is 11.4 Å². The van der Waals surface area contributed by atoms with Gasteiger partial charge in [0.25, 0.3) is 0 Å². The van der Waals surface area contributed by atoms with Gasteiger partial charge in [0.15, 0.2) is 0 Å². The summed E-state index contributed by atoms with van der Waals surface area (Å²) in [4.78, 5) is 3.20. The van der Waals surface area contributed by atoms with Gasteiger partial charge in [-0.2, -0.15) is 0 Å². The van der Waals surface area contributed by atoms with E-state index in [2.05, 4.69) is 6.07 Å². The summed E-state index contributed by atoms with van der Waals surface area (Å²) in [7, 11) is 0. The van der Waals surface area contributed by atoms with Gasteiger partial charge in [-0.25, -0.2) is 4.39 Å². The molecule has 0 unspecified atom stereocenters. The molecule has 0 radical (unpaired) electrons. The van der Waals surface area contributed by atoms with Crippen LogP contribution in [0.15, 0.2) is 35.7 Å². The summed E-state index contributed by atoms with van der Waals surface area (Å²) in [5, 5.41) is 11.5. The molecule has 102 valence electrons. The first-order valence-corrected chi connectivity index (χ1v) is 7.24. The highest BCUT2D eigenvalue weighted by Crippen LogP contribution is 2.25. The molecule has 2 rings (SSSR count). The third-order valence-electron chi connectivity index (χ3n) is 3.10. The number of hydrogen-bond acceptors (Lipinski definition) is 3. The van der Waals surface area contributed by atoms with Crippen LogP contribution in [0, 0.1) is 5.82 Å². The number of aliphatic hydroxyl groups excluding tert-OH is 1. The molecule has 0 aliphatic rings. The highest BCUT2D eigenvalue weighted by molar-refractivity contribution is 7.09. The molecule has 0 fully saturated rings. The smallest absolute Gasteiger partial charge is 0.146 e. The van der Waals surface area contributed by atoms with E-state index in [0.717, 1.165) is 6.54 Å². The van der Waals surface area contributed by atoms with Crippen molar-refractivity contribution in [3.05, 3.63) is 52.0 Å². The van der Waals surface area contributed by atoms with Crippen molar-refractivity contribution in [3.63, 3.8) is 0 Å². The molecular formula is C15H18FNOS. The lowest BCUT2D eigenvalue weighted by atomic mass is 10.1. The highest BCUT2D eigenvalue weighted by atomic mass is 32.1. The fourth-order valence-corrected chi connectivity index (χ4v) is 2.72. The first-order chi connectivity index (χ1) is 9.11. The zero-order valence-corrected chi connectivity index (χ0v) is 12.0. The molecule has 2 aromatic rings. The molecule has 1 aromatic heterocycles. The van der Waals surface area contributed by atoms with Crippen LogP contribution in [0.25, 0.3) is 0 Å². The molecule has 0 aliphatic carbocycles. The number of thiophene rings is 1. The van der Waals surface area contributed by atoms with Crippen LogP contribution in [0.4, 0.5) is 10.1 Å². The van der Waals surface area contributed by atoms with Crippen LogP contribution < -0.4 is 4.90 Å². The fraction of sp³-hybridized carbons (Fsp3) is 0.333. The number of aliphatic hydroxyl groups is 1. The summed E-state index contributed by atoms with van der Waals surface area (Å²) in [6.07, 6.45) is -0.643. The summed E-state index contributed by atoms with van der Waals surface area (Å²) in [5.41, 5.74) is 1.19. The number of rotatable bonds is 5. The Morgan fingerprint density at radius 2 is 2.16 bits per heavy atom. The molecule has 0 aliphatic heterocycles. The maximum atomic E-state index is 14.1. The van der Waals surface area contributed by atoms with E-state index in [-0.39, 0.29) is 5.82 Å². The molecule has 2 nitrogen and oxygen atoms in total. The van der Waals surface area contributed by atoms with Gasteiger partial charge in [-0.15, -0.1) is 11.3 Å². The summed E-state index contributed by atoms with van der Waals surface area (Å²) in [6.45, 7) is 5.09. The number of anilines is 1. The van der Waals surface area contributed by atoms with E-state index in [1.807, 2.05) is 23.3 Å². The van der Waals surface area contributed by atoms with Gasteiger partial charge >= 0.3 is 0 Å². The molecule has 0 spiro atoms. The second kappa shape index (κ2) is 6.17. The Balaban J connectivity index is 2.23. The number of hydrogen-bond donors (Lipinski definition) is 1. The fourth-order valence-electron chi connectivity index (χ4n) is 2.00. The predicted molar refractivity (Wildman–Crippen MR) is 78.1 cm³/mol. The molecule has 0 bridgehead atoms. The minimum atomic E-state index is -0.643. The quantitative estimate of drug-likeness (QED) is 0.895. The van der Waals surface area contributed by atoms with Gasteiger partial charge in [0, 0.05) is 11.4 Å². The average Bonchev–Trinajstić information content (AvgIpc) is 2.89. The Hall–Kier alpha value is -1.39. The lowest BCUT2D eigenvalue weighted by Crippen LogP contribution is -2.22. The second-order valence-electron chi connectivity index (χ2n) is 4.48. The largest absolute Gasteiger partial charge is 0.389 e. The van der Waals surface area contributed by atoms with Crippen molar-refractivity contribution < 1.29 is 9.50 Å². The SMILES string of the molecule is CCN(Cc1cccs1)c1ccc([C@H](C)O)cc1F. The zero-order chi connectivity index (χ0) is 13.8. The highest BCUT2D eigenvalue weighted by Gasteiger charge is 2.13. The molecule has 1 atom stereocenters. The van der Waals surface area contributed by atoms with Crippen molar-refractivity contribution in [1.82, 2.24) is 0 Å². The Bertz CT molecular complexity index is 525. The van der Waals surface area contributed by atoms with Crippen molar-refractivity contribution in [1.29, 1.82) is 0 Å². The molecule has 0 saturated heterocycles. The Morgan fingerprint density at radius 3 is 2.68 bits per heavy atom. The molecule has 19 heavy (non-hydrogen) atoms. The van der Waals surface area contributed by atoms with Crippen LogP contribution in [0.5, 0.6) is 0 Å². The van der Waals surface area contributed by atoms with Crippen molar-refractivity contribution >= 4 is 17.0 Å². The van der Waals surface area contributed by atoms with Gasteiger partial charge < -0.3 is 10.0 Å². The Kier molecular flexibility index (Phi) is 4.56. The summed E-state index contributed by atoms with van der Waals surface area (Å²) in [6, 6.07) is 8.99. The molecule has 1 heterocycles. The lowest BCUT2D eigenvalue weighted by Gasteiger charge is -2.23. The molecule has 0 amide bonds. The number of halogens is 1. The number of benzene rings is 1. The van der Waals surface area contributed by atoms with Crippen LogP contribution in [-0.2, 0) is 6.54 Å². The molecule has 4 heteroatoms. The average molecular weight is 279 g/mol. The Labute approximate surface area is 117 Å². The van der Waals surface area contributed by atoms with E-state index in [1.54, 1.807) is 30.4 Å². The van der Waals surface area contributed by atoms with Crippen LogP contribution in [-0.4, -0.2) is 11.7 Å². The summed E-state index contributed by atoms with van der Waals surface area (Å²) >= 11 is 1.67. The molecule has 0 saturated carbocycles. The summed E-state index contributed by atoms with van der Waals surface area (Å²) in [5.74, 6) is -0.281. The Morgan fingerprint density at radius 1 is 1.37 bits per heavy atom. The maximum Gasteiger partial charge on any atom is 0.146 e. The van der Waals surface area contributed by atoms with Gasteiger partial charge in [-0.3, -0.25) is 0 Å². The molecule has 1 aromatic carbocycles. The minimum Gasteiger partial charge on any atom is -0.389 e. The summed E-state index contributed by atoms with van der Waals surface area (Å²) < 4.78 is 14.1. The second-order valence-corrected chi connectivity index (χ2v) is 5.51. The van der Waals surface area contributed by atoms with Gasteiger partial charge in [0.1, 0.15) is 5.82 Å². The topological polar surface area (TPSA) is 23.5 Å². The standard InChI is InChI=1S/C15H18FNOS/c1-3-17(10-13-5-4-8-19-13)15-7-6-12(11(2)18)9-14(15)16/h4-9,11,18H,3,10H2,1-2H3/t11-/m0/s1. The zero-order valence-electron chi connectivity index (χ0n) is 11.1. The lowest BCUT2D eigenvalue weighted by molar-refractivity contribution is 0.199. The molecule has 1 N–H and O–H groups in total. The van der Waals surface area contributed by atoms with Crippen molar-refractivity contribution in [3.8, 4) is 0 Å².